The number of rotatable bonds is 2. The normalized spacial score (nSPS) is 16.8. The third-order valence-electron chi connectivity index (χ3n) is 3.62. The topological polar surface area (TPSA) is 24.9 Å². The van der Waals surface area contributed by atoms with Gasteiger partial charge in [-0.05, 0) is 37.8 Å². The monoisotopic (exact) mass is 246 g/mol. The third kappa shape index (κ3) is 2.04. The Labute approximate surface area is 106 Å². The Morgan fingerprint density at radius 3 is 2.59 bits per heavy atom. The van der Waals surface area contributed by atoms with Crippen LogP contribution in [-0.4, -0.2) is 11.0 Å². The van der Waals surface area contributed by atoms with E-state index in [0.29, 0.717) is 6.04 Å². The smallest absolute Gasteiger partial charge is 0.184 e. The fourth-order valence-electron chi connectivity index (χ4n) is 2.57. The maximum atomic E-state index is 4.74. The van der Waals surface area contributed by atoms with Crippen molar-refractivity contribution in [1.82, 2.24) is 4.98 Å². The molecule has 0 saturated heterocycles. The molecule has 1 heterocycles. The van der Waals surface area contributed by atoms with Crippen LogP contribution in [0.1, 0.15) is 36.8 Å². The first-order valence-corrected chi connectivity index (χ1v) is 7.19. The van der Waals surface area contributed by atoms with Crippen LogP contribution in [-0.2, 0) is 0 Å². The summed E-state index contributed by atoms with van der Waals surface area (Å²) in [5, 5.41) is 4.69. The quantitative estimate of drug-likeness (QED) is 0.856. The molecule has 0 spiro atoms. The molecule has 0 radical (unpaired) electrons. The summed E-state index contributed by atoms with van der Waals surface area (Å²) in [6.07, 6.45) is 5.32. The first kappa shape index (κ1) is 11.0. The Kier molecular flexibility index (Phi) is 2.79. The molecule has 0 bridgehead atoms. The van der Waals surface area contributed by atoms with Crippen molar-refractivity contribution in [3.63, 3.8) is 0 Å². The van der Waals surface area contributed by atoms with Crippen molar-refractivity contribution in [3.8, 4) is 0 Å². The number of hydrogen-bond donors (Lipinski definition) is 1. The van der Waals surface area contributed by atoms with Gasteiger partial charge in [-0.15, -0.1) is 0 Å². The zero-order valence-electron chi connectivity index (χ0n) is 10.4. The minimum absolute atomic E-state index is 0.649. The second-order valence-electron chi connectivity index (χ2n) is 5.02. The summed E-state index contributed by atoms with van der Waals surface area (Å²) in [6, 6.07) is 5.00. The molecular formula is C14H18N2S. The fraction of sp³-hybridized carbons (Fsp3) is 0.500. The summed E-state index contributed by atoms with van der Waals surface area (Å²) >= 11 is 1.80. The minimum Gasteiger partial charge on any atom is -0.359 e. The van der Waals surface area contributed by atoms with Gasteiger partial charge < -0.3 is 5.32 Å². The first-order chi connectivity index (χ1) is 8.24. The highest BCUT2D eigenvalue weighted by atomic mass is 32.1. The Morgan fingerprint density at radius 1 is 1.18 bits per heavy atom. The lowest BCUT2D eigenvalue weighted by atomic mass is 10.1. The fourth-order valence-corrected chi connectivity index (χ4v) is 3.65. The number of benzene rings is 1. The maximum Gasteiger partial charge on any atom is 0.184 e. The molecule has 0 atom stereocenters. The molecule has 1 saturated carbocycles. The van der Waals surface area contributed by atoms with Gasteiger partial charge in [0.15, 0.2) is 5.13 Å². The van der Waals surface area contributed by atoms with E-state index >= 15 is 0 Å². The molecule has 1 fully saturated rings. The molecule has 1 aliphatic rings. The van der Waals surface area contributed by atoms with Crippen molar-refractivity contribution < 1.29 is 0 Å². The van der Waals surface area contributed by atoms with Crippen LogP contribution in [0.25, 0.3) is 10.2 Å². The molecule has 1 N–H and O–H groups in total. The van der Waals surface area contributed by atoms with Crippen LogP contribution in [0.5, 0.6) is 0 Å². The highest BCUT2D eigenvalue weighted by Gasteiger charge is 2.16. The summed E-state index contributed by atoms with van der Waals surface area (Å²) < 4.78 is 1.34. The molecule has 0 aliphatic heterocycles. The van der Waals surface area contributed by atoms with Crippen LogP contribution < -0.4 is 5.32 Å². The van der Waals surface area contributed by atoms with Crippen molar-refractivity contribution in [2.75, 3.05) is 5.32 Å². The van der Waals surface area contributed by atoms with Crippen molar-refractivity contribution in [3.05, 3.63) is 23.3 Å². The molecule has 1 aliphatic carbocycles. The Morgan fingerprint density at radius 2 is 1.88 bits per heavy atom. The number of anilines is 1. The van der Waals surface area contributed by atoms with E-state index in [1.54, 1.807) is 11.3 Å². The van der Waals surface area contributed by atoms with Crippen LogP contribution in [0.3, 0.4) is 0 Å². The number of hydrogen-bond acceptors (Lipinski definition) is 3. The van der Waals surface area contributed by atoms with Crippen LogP contribution in [0, 0.1) is 13.8 Å². The van der Waals surface area contributed by atoms with Crippen molar-refractivity contribution in [2.45, 2.75) is 45.6 Å². The van der Waals surface area contributed by atoms with Gasteiger partial charge in [0, 0.05) is 6.04 Å². The lowest BCUT2D eigenvalue weighted by Gasteiger charge is -2.09. The van der Waals surface area contributed by atoms with E-state index < -0.39 is 0 Å². The van der Waals surface area contributed by atoms with Gasteiger partial charge in [0.1, 0.15) is 0 Å². The first-order valence-electron chi connectivity index (χ1n) is 6.37. The highest BCUT2D eigenvalue weighted by Crippen LogP contribution is 2.32. The molecule has 3 heteroatoms. The average Bonchev–Trinajstić information content (AvgIpc) is 2.94. The number of fused-ring (bicyclic) bond motifs is 1. The number of aromatic nitrogens is 1. The van der Waals surface area contributed by atoms with Crippen LogP contribution in [0.4, 0.5) is 5.13 Å². The largest absolute Gasteiger partial charge is 0.359 e. The number of nitrogens with one attached hydrogen (secondary N) is 1. The summed E-state index contributed by atoms with van der Waals surface area (Å²) in [5.41, 5.74) is 3.79. The van der Waals surface area contributed by atoms with E-state index in [4.69, 9.17) is 4.98 Å². The molecule has 0 amide bonds. The zero-order chi connectivity index (χ0) is 11.8. The second-order valence-corrected chi connectivity index (χ2v) is 6.02. The lowest BCUT2D eigenvalue weighted by Crippen LogP contribution is -2.13. The maximum absolute atomic E-state index is 4.74. The summed E-state index contributed by atoms with van der Waals surface area (Å²) in [6.45, 7) is 4.31. The van der Waals surface area contributed by atoms with E-state index in [1.165, 1.54) is 47.0 Å². The predicted molar refractivity (Wildman–Crippen MR) is 75.0 cm³/mol. The van der Waals surface area contributed by atoms with Gasteiger partial charge in [0.25, 0.3) is 0 Å². The zero-order valence-corrected chi connectivity index (χ0v) is 11.2. The lowest BCUT2D eigenvalue weighted by molar-refractivity contribution is 0.754. The molecule has 17 heavy (non-hydrogen) atoms. The predicted octanol–water partition coefficient (Wildman–Crippen LogP) is 4.27. The third-order valence-corrected chi connectivity index (χ3v) is 4.75. The highest BCUT2D eigenvalue weighted by molar-refractivity contribution is 7.22. The van der Waals surface area contributed by atoms with E-state index in [0.717, 1.165) is 5.13 Å². The Balaban J connectivity index is 1.95. The summed E-state index contributed by atoms with van der Waals surface area (Å²) in [7, 11) is 0. The van der Waals surface area contributed by atoms with Gasteiger partial charge in [-0.1, -0.05) is 36.3 Å². The number of nitrogens with zero attached hydrogens (tertiary/aromatic N) is 1. The molecule has 0 unspecified atom stereocenters. The van der Waals surface area contributed by atoms with E-state index in [1.807, 2.05) is 0 Å². The molecule has 3 rings (SSSR count). The van der Waals surface area contributed by atoms with E-state index in [2.05, 4.69) is 31.3 Å². The second kappa shape index (κ2) is 4.30. The number of thiazole rings is 1. The van der Waals surface area contributed by atoms with E-state index in [-0.39, 0.29) is 0 Å². The number of aryl methyl sites for hydroxylation is 2. The molecule has 2 aromatic rings. The van der Waals surface area contributed by atoms with Crippen LogP contribution in [0.2, 0.25) is 0 Å². The van der Waals surface area contributed by atoms with Crippen molar-refractivity contribution in [1.29, 1.82) is 0 Å². The molecular weight excluding hydrogens is 228 g/mol. The van der Waals surface area contributed by atoms with Crippen LogP contribution >= 0.6 is 11.3 Å². The van der Waals surface area contributed by atoms with Gasteiger partial charge >= 0.3 is 0 Å². The summed E-state index contributed by atoms with van der Waals surface area (Å²) in [5.74, 6) is 0. The van der Waals surface area contributed by atoms with Gasteiger partial charge in [-0.25, -0.2) is 4.98 Å². The Bertz CT molecular complexity index is 499. The SMILES string of the molecule is Cc1ccc(C)c2sc(NC3CCCC3)nc12. The Hall–Kier alpha value is -1.09. The minimum atomic E-state index is 0.649. The van der Waals surface area contributed by atoms with Gasteiger partial charge in [0.05, 0.1) is 10.2 Å². The molecule has 1 aromatic heterocycles. The standard InChI is InChI=1S/C14H18N2S/c1-9-7-8-10(2)13-12(9)16-14(17-13)15-11-5-3-4-6-11/h7-8,11H,3-6H2,1-2H3,(H,15,16). The van der Waals surface area contributed by atoms with Crippen LogP contribution in [0.15, 0.2) is 12.1 Å². The summed E-state index contributed by atoms with van der Waals surface area (Å²) in [4.78, 5) is 4.74. The van der Waals surface area contributed by atoms with Gasteiger partial charge in [-0.3, -0.25) is 0 Å². The van der Waals surface area contributed by atoms with Gasteiger partial charge in [-0.2, -0.15) is 0 Å². The molecule has 2 nitrogen and oxygen atoms in total. The molecule has 90 valence electrons. The van der Waals surface area contributed by atoms with Gasteiger partial charge in [0.2, 0.25) is 0 Å². The van der Waals surface area contributed by atoms with Crippen molar-refractivity contribution in [2.24, 2.45) is 0 Å². The molecule has 1 aromatic carbocycles. The average molecular weight is 246 g/mol. The van der Waals surface area contributed by atoms with E-state index in [9.17, 15) is 0 Å². The van der Waals surface area contributed by atoms with Crippen molar-refractivity contribution >= 4 is 26.7 Å².